The second-order valence-electron chi connectivity index (χ2n) is 4.77. The normalized spacial score (nSPS) is 10.3. The number of ether oxygens (including phenoxy) is 1. The summed E-state index contributed by atoms with van der Waals surface area (Å²) in [5.74, 6) is 1.19. The van der Waals surface area contributed by atoms with E-state index in [1.54, 1.807) is 7.11 Å². The molecule has 0 fully saturated rings. The number of hydrogen-bond acceptors (Lipinski definition) is 4. The average Bonchev–Trinajstić information content (AvgIpc) is 3.04. The lowest BCUT2D eigenvalue weighted by Gasteiger charge is -2.11. The van der Waals surface area contributed by atoms with Gasteiger partial charge in [-0.15, -0.1) is 0 Å². The number of imidazole rings is 1. The molecule has 0 aliphatic heterocycles. The highest BCUT2D eigenvalue weighted by atomic mass is 32.2. The summed E-state index contributed by atoms with van der Waals surface area (Å²) >= 11 is 1.43. The minimum atomic E-state index is 0.367. The number of benzene rings is 2. The van der Waals surface area contributed by atoms with Crippen LogP contribution >= 0.6 is 11.8 Å². The summed E-state index contributed by atoms with van der Waals surface area (Å²) in [4.78, 5) is 4.49. The minimum Gasteiger partial charge on any atom is -0.497 e. The third kappa shape index (κ3) is 3.22. The van der Waals surface area contributed by atoms with E-state index in [1.165, 1.54) is 11.8 Å². The van der Waals surface area contributed by atoms with E-state index >= 15 is 0 Å². The summed E-state index contributed by atoms with van der Waals surface area (Å²) in [6.45, 7) is 0. The molecule has 2 aromatic carbocycles. The molecular weight excluding hydrogens is 306 g/mol. The third-order valence-corrected chi connectivity index (χ3v) is 4.22. The molecule has 1 heterocycles. The number of thioether (sulfide) groups is 1. The zero-order chi connectivity index (χ0) is 16.1. The second-order valence-corrected chi connectivity index (χ2v) is 5.71. The van der Waals surface area contributed by atoms with Gasteiger partial charge in [0.2, 0.25) is 0 Å². The Morgan fingerprint density at radius 1 is 1.13 bits per heavy atom. The maximum absolute atomic E-state index is 8.85. The lowest BCUT2D eigenvalue weighted by molar-refractivity contribution is 0.415. The summed E-state index contributed by atoms with van der Waals surface area (Å²) in [5, 5.41) is 9.66. The van der Waals surface area contributed by atoms with Crippen molar-refractivity contribution in [3.05, 3.63) is 60.8 Å². The minimum absolute atomic E-state index is 0.367. The monoisotopic (exact) mass is 321 g/mol. The van der Waals surface area contributed by atoms with Crippen LogP contribution in [0.15, 0.2) is 66.0 Å². The van der Waals surface area contributed by atoms with Crippen LogP contribution in [0.5, 0.6) is 5.75 Å². The molecule has 1 aromatic heterocycles. The number of aromatic nitrogens is 2. The highest BCUT2D eigenvalue weighted by molar-refractivity contribution is 7.99. The first-order valence-electron chi connectivity index (χ1n) is 7.11. The number of nitrogens with zero attached hydrogens (tertiary/aromatic N) is 3. The van der Waals surface area contributed by atoms with Crippen molar-refractivity contribution < 1.29 is 4.74 Å². The maximum atomic E-state index is 8.85. The van der Waals surface area contributed by atoms with Gasteiger partial charge in [0.25, 0.3) is 0 Å². The Bertz CT molecular complexity index is 820. The smallest absolute Gasteiger partial charge is 0.174 e. The molecule has 114 valence electrons. The summed E-state index contributed by atoms with van der Waals surface area (Å²) in [7, 11) is 1.65. The van der Waals surface area contributed by atoms with Crippen molar-refractivity contribution in [3.8, 4) is 28.8 Å². The number of rotatable bonds is 5. The van der Waals surface area contributed by atoms with E-state index in [9.17, 15) is 0 Å². The second kappa shape index (κ2) is 7.03. The topological polar surface area (TPSA) is 50.8 Å². The zero-order valence-corrected chi connectivity index (χ0v) is 13.5. The van der Waals surface area contributed by atoms with E-state index in [-0.39, 0.29) is 0 Å². The highest BCUT2D eigenvalue weighted by Crippen LogP contribution is 2.30. The Morgan fingerprint density at radius 3 is 2.52 bits per heavy atom. The largest absolute Gasteiger partial charge is 0.497 e. The van der Waals surface area contributed by atoms with Crippen molar-refractivity contribution in [1.82, 2.24) is 9.55 Å². The van der Waals surface area contributed by atoms with Gasteiger partial charge in [-0.2, -0.15) is 5.26 Å². The molecule has 0 aliphatic carbocycles. The predicted molar refractivity (Wildman–Crippen MR) is 91.9 cm³/mol. The van der Waals surface area contributed by atoms with Crippen LogP contribution in [0.25, 0.3) is 16.9 Å². The van der Waals surface area contributed by atoms with Gasteiger partial charge < -0.3 is 4.74 Å². The molecule has 0 amide bonds. The first kappa shape index (κ1) is 15.2. The lowest BCUT2D eigenvalue weighted by atomic mass is 10.1. The van der Waals surface area contributed by atoms with Crippen molar-refractivity contribution in [2.45, 2.75) is 5.16 Å². The van der Waals surface area contributed by atoms with Gasteiger partial charge in [0, 0.05) is 11.3 Å². The van der Waals surface area contributed by atoms with E-state index in [0.29, 0.717) is 5.75 Å². The van der Waals surface area contributed by atoms with Crippen LogP contribution in [-0.2, 0) is 0 Å². The predicted octanol–water partition coefficient (Wildman–Crippen LogP) is 4.16. The Morgan fingerprint density at radius 2 is 1.87 bits per heavy atom. The fourth-order valence-electron chi connectivity index (χ4n) is 2.33. The van der Waals surface area contributed by atoms with Gasteiger partial charge in [-0.05, 0) is 36.4 Å². The molecule has 0 saturated carbocycles. The van der Waals surface area contributed by atoms with Crippen molar-refractivity contribution in [1.29, 1.82) is 5.26 Å². The van der Waals surface area contributed by atoms with Crippen LogP contribution < -0.4 is 4.74 Å². The van der Waals surface area contributed by atoms with E-state index in [4.69, 9.17) is 10.00 Å². The molecule has 3 rings (SSSR count). The molecule has 0 N–H and O–H groups in total. The van der Waals surface area contributed by atoms with Gasteiger partial charge in [-0.3, -0.25) is 4.57 Å². The van der Waals surface area contributed by atoms with Crippen molar-refractivity contribution in [2.75, 3.05) is 12.9 Å². The molecule has 0 spiro atoms. The molecule has 3 aromatic rings. The Labute approximate surface area is 139 Å². The van der Waals surface area contributed by atoms with E-state index < -0.39 is 0 Å². The van der Waals surface area contributed by atoms with Crippen LogP contribution in [0.4, 0.5) is 0 Å². The molecule has 0 aliphatic rings. The zero-order valence-electron chi connectivity index (χ0n) is 12.6. The summed E-state index contributed by atoms with van der Waals surface area (Å²) in [6.07, 6.45) is 1.84. The van der Waals surface area contributed by atoms with Gasteiger partial charge in [0.05, 0.1) is 30.8 Å². The summed E-state index contributed by atoms with van der Waals surface area (Å²) < 4.78 is 7.29. The maximum Gasteiger partial charge on any atom is 0.174 e. The summed E-state index contributed by atoms with van der Waals surface area (Å²) in [6, 6.07) is 20.1. The first-order valence-corrected chi connectivity index (χ1v) is 8.09. The van der Waals surface area contributed by atoms with Gasteiger partial charge >= 0.3 is 0 Å². The van der Waals surface area contributed by atoms with Crippen LogP contribution in [0, 0.1) is 11.3 Å². The first-order chi connectivity index (χ1) is 11.3. The molecular formula is C18H15N3OS. The summed E-state index contributed by atoms with van der Waals surface area (Å²) in [5.41, 5.74) is 3.06. The fraction of sp³-hybridized carbons (Fsp3) is 0.111. The highest BCUT2D eigenvalue weighted by Gasteiger charge is 2.14. The van der Waals surface area contributed by atoms with Crippen LogP contribution in [0.2, 0.25) is 0 Å². The van der Waals surface area contributed by atoms with Gasteiger partial charge in [-0.25, -0.2) is 4.98 Å². The third-order valence-electron chi connectivity index (χ3n) is 3.40. The van der Waals surface area contributed by atoms with E-state index in [0.717, 1.165) is 27.9 Å². The number of hydrogen-bond donors (Lipinski definition) is 0. The van der Waals surface area contributed by atoms with E-state index in [2.05, 4.69) is 15.6 Å². The van der Waals surface area contributed by atoms with Crippen molar-refractivity contribution >= 4 is 11.8 Å². The fourth-order valence-corrected chi connectivity index (χ4v) is 2.98. The molecule has 0 radical (unpaired) electrons. The number of nitriles is 1. The van der Waals surface area contributed by atoms with Crippen LogP contribution in [-0.4, -0.2) is 22.4 Å². The molecule has 0 unspecified atom stereocenters. The Hall–Kier alpha value is -2.71. The Kier molecular flexibility index (Phi) is 4.65. The van der Waals surface area contributed by atoms with Gasteiger partial charge in [-0.1, -0.05) is 30.0 Å². The number of methoxy groups -OCH3 is 1. The molecule has 0 bridgehead atoms. The van der Waals surface area contributed by atoms with E-state index in [1.807, 2.05) is 60.8 Å². The SMILES string of the molecule is COc1ccc(-c2cnc(SCC#N)n2-c2ccccc2)cc1. The van der Waals surface area contributed by atoms with Crippen LogP contribution in [0.1, 0.15) is 0 Å². The molecule has 0 saturated heterocycles. The molecule has 5 heteroatoms. The lowest BCUT2D eigenvalue weighted by Crippen LogP contribution is -1.99. The number of para-hydroxylation sites is 1. The molecule has 4 nitrogen and oxygen atoms in total. The van der Waals surface area contributed by atoms with Crippen molar-refractivity contribution in [3.63, 3.8) is 0 Å². The molecule has 23 heavy (non-hydrogen) atoms. The molecule has 0 atom stereocenters. The van der Waals surface area contributed by atoms with Crippen molar-refractivity contribution in [2.24, 2.45) is 0 Å². The Balaban J connectivity index is 2.09. The van der Waals surface area contributed by atoms with Crippen LogP contribution in [0.3, 0.4) is 0 Å². The van der Waals surface area contributed by atoms with Gasteiger partial charge in [0.15, 0.2) is 5.16 Å². The standard InChI is InChI=1S/C18H15N3OS/c1-22-16-9-7-14(8-10-16)17-13-20-18(23-12-11-19)21(17)15-5-3-2-4-6-15/h2-10,13H,12H2,1H3. The quantitative estimate of drug-likeness (QED) is 0.662. The van der Waals surface area contributed by atoms with Gasteiger partial charge in [0.1, 0.15) is 5.75 Å². The average molecular weight is 321 g/mol.